The molecule has 14 nitrogen and oxygen atoms in total. The second kappa shape index (κ2) is 18.8. The lowest BCUT2D eigenvalue weighted by Gasteiger charge is -2.18. The fraction of sp³-hybridized carbons (Fsp3) is 0.500. The van der Waals surface area contributed by atoms with E-state index in [0.29, 0.717) is 82.4 Å². The average molecular weight is 687 g/mol. The highest BCUT2D eigenvalue weighted by molar-refractivity contribution is 5.97. The van der Waals surface area contributed by atoms with Gasteiger partial charge in [0.2, 0.25) is 5.91 Å². The molecule has 4 atom stereocenters. The van der Waals surface area contributed by atoms with E-state index in [1.807, 2.05) is 53.2 Å². The summed E-state index contributed by atoms with van der Waals surface area (Å²) < 4.78 is 18.1. The zero-order valence-corrected chi connectivity index (χ0v) is 28.2. The summed E-state index contributed by atoms with van der Waals surface area (Å²) in [4.78, 5) is 38.1. The van der Waals surface area contributed by atoms with Gasteiger partial charge >= 0.3 is 6.09 Å². The molecule has 1 fully saturated rings. The molecule has 0 aliphatic heterocycles. The molecule has 2 aliphatic carbocycles. The number of amides is 3. The minimum atomic E-state index is -0.829. The van der Waals surface area contributed by atoms with Crippen molar-refractivity contribution in [2.24, 2.45) is 23.5 Å². The molecule has 266 valence electrons. The Labute approximate surface area is 292 Å². The van der Waals surface area contributed by atoms with Crippen molar-refractivity contribution in [3.8, 4) is 6.07 Å². The standard InChI is InChI=1S/C36H46N8O6/c37-14-16-39-35(46)32(22-25-4-2-1-3-5-25)41-34(45)27-8-6-26(7-9-27)23-44-33-13-11-29-28(10-12-31(33)42-43-44)30(29)24-50-36(47)40-17-19-49-21-20-48-18-15-38/h1-9,28-30,32H,10-13,15-24,38H2,(H,39,46)(H,40,47)(H,41,45)/t28-,29+,30-,32+/m1/s1. The Bertz CT molecular complexity index is 1590. The molecule has 1 saturated carbocycles. The Morgan fingerprint density at radius 3 is 2.42 bits per heavy atom. The second-order valence-corrected chi connectivity index (χ2v) is 12.5. The number of benzene rings is 2. The number of hydrogen-bond donors (Lipinski definition) is 4. The zero-order chi connectivity index (χ0) is 35.1. The van der Waals surface area contributed by atoms with Crippen LogP contribution in [-0.2, 0) is 44.8 Å². The van der Waals surface area contributed by atoms with E-state index in [2.05, 4.69) is 26.3 Å². The predicted molar refractivity (Wildman–Crippen MR) is 183 cm³/mol. The third kappa shape index (κ3) is 10.6. The van der Waals surface area contributed by atoms with Crippen LogP contribution in [0.25, 0.3) is 0 Å². The molecule has 2 aliphatic rings. The molecule has 3 amide bonds. The van der Waals surface area contributed by atoms with Gasteiger partial charge in [0, 0.05) is 25.1 Å². The molecule has 0 unspecified atom stereocenters. The van der Waals surface area contributed by atoms with Crippen molar-refractivity contribution in [3.05, 3.63) is 82.7 Å². The van der Waals surface area contributed by atoms with Crippen LogP contribution in [0.15, 0.2) is 54.6 Å². The molecular formula is C36H46N8O6. The molecule has 3 aromatic rings. The largest absolute Gasteiger partial charge is 0.449 e. The van der Waals surface area contributed by atoms with E-state index in [1.54, 1.807) is 12.1 Å². The van der Waals surface area contributed by atoms with Gasteiger partial charge in [-0.3, -0.25) is 9.59 Å². The highest BCUT2D eigenvalue weighted by atomic mass is 16.6. The van der Waals surface area contributed by atoms with Gasteiger partial charge < -0.3 is 35.9 Å². The Kier molecular flexibility index (Phi) is 13.7. The normalized spacial score (nSPS) is 18.3. The van der Waals surface area contributed by atoms with Crippen LogP contribution in [0.4, 0.5) is 4.79 Å². The van der Waals surface area contributed by atoms with Crippen molar-refractivity contribution in [2.45, 2.75) is 44.7 Å². The first-order valence-corrected chi connectivity index (χ1v) is 17.2. The predicted octanol–water partition coefficient (Wildman–Crippen LogP) is 1.77. The molecule has 1 heterocycles. The maximum Gasteiger partial charge on any atom is 0.407 e. The van der Waals surface area contributed by atoms with E-state index < -0.39 is 18.0 Å². The molecule has 14 heteroatoms. The number of nitrogens with one attached hydrogen (secondary N) is 3. The number of hydrogen-bond acceptors (Lipinski definition) is 10. The maximum absolute atomic E-state index is 13.1. The fourth-order valence-corrected chi connectivity index (χ4v) is 6.54. The van der Waals surface area contributed by atoms with Gasteiger partial charge in [-0.25, -0.2) is 9.48 Å². The number of alkyl carbamates (subject to hydrolysis) is 1. The van der Waals surface area contributed by atoms with Crippen molar-refractivity contribution >= 4 is 17.9 Å². The quantitative estimate of drug-likeness (QED) is 0.113. The number of nitrogens with two attached hydrogens (primary N) is 1. The number of fused-ring (bicyclic) bond motifs is 2. The third-order valence-electron chi connectivity index (χ3n) is 9.21. The molecule has 0 bridgehead atoms. The smallest absolute Gasteiger partial charge is 0.407 e. The van der Waals surface area contributed by atoms with Gasteiger partial charge in [-0.15, -0.1) is 5.10 Å². The number of aromatic nitrogens is 3. The van der Waals surface area contributed by atoms with Crippen LogP contribution >= 0.6 is 0 Å². The molecule has 5 N–H and O–H groups in total. The molecule has 0 radical (unpaired) electrons. The average Bonchev–Trinajstić information content (AvgIpc) is 3.65. The van der Waals surface area contributed by atoms with E-state index in [-0.39, 0.29) is 12.5 Å². The van der Waals surface area contributed by atoms with Gasteiger partial charge in [0.15, 0.2) is 0 Å². The van der Waals surface area contributed by atoms with Crippen LogP contribution in [0, 0.1) is 29.1 Å². The maximum atomic E-state index is 13.1. The van der Waals surface area contributed by atoms with Crippen molar-refractivity contribution in [1.82, 2.24) is 30.9 Å². The van der Waals surface area contributed by atoms with Crippen LogP contribution < -0.4 is 21.7 Å². The Morgan fingerprint density at radius 2 is 1.68 bits per heavy atom. The van der Waals surface area contributed by atoms with E-state index in [1.165, 1.54) is 0 Å². The third-order valence-corrected chi connectivity index (χ3v) is 9.21. The number of nitriles is 1. The van der Waals surface area contributed by atoms with Gasteiger partial charge in [0.25, 0.3) is 5.91 Å². The number of ether oxygens (including phenoxy) is 3. The van der Waals surface area contributed by atoms with Crippen LogP contribution in [0.2, 0.25) is 0 Å². The number of aryl methyl sites for hydroxylation is 1. The summed E-state index contributed by atoms with van der Waals surface area (Å²) in [5.41, 5.74) is 9.79. The zero-order valence-electron chi connectivity index (χ0n) is 28.2. The molecular weight excluding hydrogens is 640 g/mol. The molecule has 1 aromatic heterocycles. The number of rotatable bonds is 18. The summed E-state index contributed by atoms with van der Waals surface area (Å²) in [5.74, 6) is 0.580. The van der Waals surface area contributed by atoms with E-state index in [0.717, 1.165) is 48.2 Å². The lowest BCUT2D eigenvalue weighted by Crippen LogP contribution is -2.48. The number of carbonyl (C=O) groups is 3. The first kappa shape index (κ1) is 36.4. The Balaban J connectivity index is 1.07. The van der Waals surface area contributed by atoms with E-state index in [4.69, 9.17) is 25.2 Å². The van der Waals surface area contributed by atoms with Crippen LogP contribution in [0.5, 0.6) is 0 Å². The SMILES string of the molecule is N#CCNC(=O)[C@H](Cc1ccccc1)NC(=O)c1ccc(Cn2nnc3c2CC[C@H]2[C@@H](CC3)[C@H]2COC(=O)NCCOCCOCCN)cc1. The van der Waals surface area contributed by atoms with E-state index in [9.17, 15) is 14.4 Å². The topological polar surface area (TPSA) is 196 Å². The summed E-state index contributed by atoms with van der Waals surface area (Å²) in [5, 5.41) is 25.9. The minimum Gasteiger partial charge on any atom is -0.449 e. The van der Waals surface area contributed by atoms with Gasteiger partial charge in [0.05, 0.1) is 57.0 Å². The summed E-state index contributed by atoms with van der Waals surface area (Å²) in [6.45, 7) is 3.46. The highest BCUT2D eigenvalue weighted by Gasteiger charge is 2.50. The molecule has 5 rings (SSSR count). The lowest BCUT2D eigenvalue weighted by molar-refractivity contribution is -0.122. The van der Waals surface area contributed by atoms with Crippen molar-refractivity contribution in [3.63, 3.8) is 0 Å². The van der Waals surface area contributed by atoms with Gasteiger partial charge in [-0.2, -0.15) is 5.26 Å². The van der Waals surface area contributed by atoms with E-state index >= 15 is 0 Å². The molecule has 50 heavy (non-hydrogen) atoms. The van der Waals surface area contributed by atoms with Crippen molar-refractivity contribution in [1.29, 1.82) is 5.26 Å². The van der Waals surface area contributed by atoms with Gasteiger partial charge in [0.1, 0.15) is 12.6 Å². The molecule has 0 saturated heterocycles. The van der Waals surface area contributed by atoms with Crippen LogP contribution in [-0.4, -0.2) is 91.6 Å². The monoisotopic (exact) mass is 686 g/mol. The van der Waals surface area contributed by atoms with Crippen molar-refractivity contribution < 1.29 is 28.6 Å². The lowest BCUT2D eigenvalue weighted by atomic mass is 10.0. The summed E-state index contributed by atoms with van der Waals surface area (Å²) in [6.07, 6.45) is 3.51. The molecule has 2 aromatic carbocycles. The first-order valence-electron chi connectivity index (χ1n) is 17.2. The second-order valence-electron chi connectivity index (χ2n) is 12.5. The van der Waals surface area contributed by atoms with Gasteiger partial charge in [-0.05, 0) is 66.7 Å². The number of carbonyl (C=O) groups excluding carboxylic acids is 3. The van der Waals surface area contributed by atoms with Gasteiger partial charge in [-0.1, -0.05) is 47.7 Å². The van der Waals surface area contributed by atoms with Crippen LogP contribution in [0.3, 0.4) is 0 Å². The molecule has 0 spiro atoms. The Hall–Kier alpha value is -4.84. The van der Waals surface area contributed by atoms with Crippen LogP contribution in [0.1, 0.15) is 45.7 Å². The fourth-order valence-electron chi connectivity index (χ4n) is 6.54. The summed E-state index contributed by atoms with van der Waals surface area (Å²) >= 11 is 0. The Morgan fingerprint density at radius 1 is 0.940 bits per heavy atom. The van der Waals surface area contributed by atoms with Crippen molar-refractivity contribution in [2.75, 3.05) is 52.7 Å². The minimum absolute atomic E-state index is 0.138. The highest BCUT2D eigenvalue weighted by Crippen LogP contribution is 2.52. The first-order chi connectivity index (χ1) is 24.5. The number of nitrogens with zero attached hydrogens (tertiary/aromatic N) is 4. The summed E-state index contributed by atoms with van der Waals surface area (Å²) in [7, 11) is 0. The summed E-state index contributed by atoms with van der Waals surface area (Å²) in [6, 6.07) is 17.7.